The highest BCUT2D eigenvalue weighted by Gasteiger charge is 2.17. The number of hydrogen-bond acceptors (Lipinski definition) is 2. The zero-order valence-electron chi connectivity index (χ0n) is 11.3. The highest BCUT2D eigenvalue weighted by molar-refractivity contribution is 6.31. The minimum atomic E-state index is -0.556. The largest absolute Gasteiger partial charge is 0.444 e. The van der Waals surface area contributed by atoms with Crippen molar-refractivity contribution in [3.63, 3.8) is 0 Å². The summed E-state index contributed by atoms with van der Waals surface area (Å²) in [6.45, 7) is 12.6. The number of nitrogens with one attached hydrogen (secondary N) is 1. The SMILES string of the molecule is [C-]#[N+]CCc1ccc(Cl)cc1NC(=O)OC(C)(C)C. The Labute approximate surface area is 118 Å². The Balaban J connectivity index is 2.84. The standard InChI is InChI=1S/C14H17ClN2O2/c1-14(2,3)19-13(18)17-12-9-11(15)6-5-10(12)7-8-16-4/h5-6,9H,7-8H2,1-3H3,(H,17,18). The Hall–Kier alpha value is -1.73. The summed E-state index contributed by atoms with van der Waals surface area (Å²) in [6.07, 6.45) is 0.0324. The van der Waals surface area contributed by atoms with Gasteiger partial charge in [0.25, 0.3) is 0 Å². The van der Waals surface area contributed by atoms with E-state index in [-0.39, 0.29) is 0 Å². The van der Waals surface area contributed by atoms with Crippen LogP contribution in [0.15, 0.2) is 18.2 Å². The molecule has 1 aromatic rings. The van der Waals surface area contributed by atoms with Crippen LogP contribution in [0.25, 0.3) is 4.85 Å². The maximum Gasteiger partial charge on any atom is 0.412 e. The predicted octanol–water partition coefficient (Wildman–Crippen LogP) is 4.15. The molecular weight excluding hydrogens is 264 g/mol. The molecule has 0 atom stereocenters. The minimum Gasteiger partial charge on any atom is -0.444 e. The molecule has 0 unspecified atom stereocenters. The van der Waals surface area contributed by atoms with Crippen LogP contribution in [0.2, 0.25) is 5.02 Å². The maximum atomic E-state index is 11.7. The Morgan fingerprint density at radius 2 is 2.16 bits per heavy atom. The number of ether oxygens (including phenoxy) is 1. The van der Waals surface area contributed by atoms with Crippen molar-refractivity contribution in [2.24, 2.45) is 0 Å². The third-order valence-electron chi connectivity index (χ3n) is 2.20. The average molecular weight is 281 g/mol. The summed E-state index contributed by atoms with van der Waals surface area (Å²) in [5.41, 5.74) is 0.899. The van der Waals surface area contributed by atoms with Gasteiger partial charge >= 0.3 is 6.09 Å². The molecule has 0 fully saturated rings. The van der Waals surface area contributed by atoms with Crippen molar-refractivity contribution in [1.29, 1.82) is 0 Å². The lowest BCUT2D eigenvalue weighted by atomic mass is 10.1. The molecule has 1 aromatic carbocycles. The van der Waals surface area contributed by atoms with Crippen LogP contribution in [-0.2, 0) is 11.2 Å². The van der Waals surface area contributed by atoms with Gasteiger partial charge in [-0.1, -0.05) is 17.7 Å². The highest BCUT2D eigenvalue weighted by atomic mass is 35.5. The first-order valence-electron chi connectivity index (χ1n) is 5.93. The molecule has 0 aliphatic carbocycles. The van der Waals surface area contributed by atoms with Gasteiger partial charge in [-0.15, -0.1) is 0 Å². The van der Waals surface area contributed by atoms with Crippen molar-refractivity contribution in [2.75, 3.05) is 11.9 Å². The van der Waals surface area contributed by atoms with Gasteiger partial charge < -0.3 is 9.58 Å². The number of carbonyl (C=O) groups is 1. The molecule has 1 N–H and O–H groups in total. The van der Waals surface area contributed by atoms with Crippen LogP contribution >= 0.6 is 11.6 Å². The van der Waals surface area contributed by atoms with Gasteiger partial charge in [0.1, 0.15) is 5.60 Å². The molecule has 0 saturated heterocycles. The third-order valence-corrected chi connectivity index (χ3v) is 2.44. The lowest BCUT2D eigenvalue weighted by molar-refractivity contribution is 0.0636. The van der Waals surface area contributed by atoms with E-state index < -0.39 is 11.7 Å². The van der Waals surface area contributed by atoms with Gasteiger partial charge in [0.05, 0.1) is 0 Å². The summed E-state index contributed by atoms with van der Waals surface area (Å²) in [5.74, 6) is 0. The van der Waals surface area contributed by atoms with Crippen LogP contribution in [0, 0.1) is 6.57 Å². The molecule has 0 aromatic heterocycles. The normalized spacial score (nSPS) is 10.7. The molecule has 1 amide bonds. The van der Waals surface area contributed by atoms with E-state index in [9.17, 15) is 4.79 Å². The maximum absolute atomic E-state index is 11.7. The van der Waals surface area contributed by atoms with E-state index in [4.69, 9.17) is 22.9 Å². The fraction of sp³-hybridized carbons (Fsp3) is 0.429. The second-order valence-corrected chi connectivity index (χ2v) is 5.50. The van der Waals surface area contributed by atoms with Gasteiger partial charge in [0.15, 0.2) is 0 Å². The van der Waals surface area contributed by atoms with Crippen molar-refractivity contribution >= 4 is 23.4 Å². The summed E-state index contributed by atoms with van der Waals surface area (Å²) in [4.78, 5) is 15.0. The molecule has 102 valence electrons. The molecule has 4 nitrogen and oxygen atoms in total. The summed E-state index contributed by atoms with van der Waals surface area (Å²) in [6, 6.07) is 5.20. The van der Waals surface area contributed by atoms with Crippen molar-refractivity contribution in [1.82, 2.24) is 0 Å². The van der Waals surface area contributed by atoms with E-state index >= 15 is 0 Å². The van der Waals surface area contributed by atoms with Gasteiger partial charge in [-0.2, -0.15) is 0 Å². The monoisotopic (exact) mass is 280 g/mol. The van der Waals surface area contributed by atoms with Crippen molar-refractivity contribution in [2.45, 2.75) is 32.8 Å². The van der Waals surface area contributed by atoms with Crippen LogP contribution in [-0.4, -0.2) is 18.2 Å². The predicted molar refractivity (Wildman–Crippen MR) is 76.5 cm³/mol. The molecule has 5 heteroatoms. The molecular formula is C14H17ClN2O2. The van der Waals surface area contributed by atoms with E-state index in [1.807, 2.05) is 0 Å². The van der Waals surface area contributed by atoms with Gasteiger partial charge in [-0.3, -0.25) is 5.32 Å². The van der Waals surface area contributed by atoms with Gasteiger partial charge in [0, 0.05) is 17.1 Å². The van der Waals surface area contributed by atoms with E-state index in [0.717, 1.165) is 5.56 Å². The number of anilines is 1. The Bertz CT molecular complexity index is 501. The minimum absolute atomic E-state index is 0.366. The lowest BCUT2D eigenvalue weighted by Crippen LogP contribution is -2.27. The van der Waals surface area contributed by atoms with E-state index in [1.54, 1.807) is 39.0 Å². The van der Waals surface area contributed by atoms with Gasteiger partial charge in [-0.25, -0.2) is 11.4 Å². The number of carbonyl (C=O) groups excluding carboxylic acids is 1. The summed E-state index contributed by atoms with van der Waals surface area (Å²) in [7, 11) is 0. The average Bonchev–Trinajstić information content (AvgIpc) is 2.25. The number of halogens is 1. The van der Waals surface area contributed by atoms with Crippen molar-refractivity contribution in [3.05, 3.63) is 40.2 Å². The van der Waals surface area contributed by atoms with Crippen molar-refractivity contribution < 1.29 is 9.53 Å². The summed E-state index contributed by atoms with van der Waals surface area (Å²) < 4.78 is 5.19. The fourth-order valence-corrected chi connectivity index (χ4v) is 1.65. The number of nitrogens with zero attached hydrogens (tertiary/aromatic N) is 1. The highest BCUT2D eigenvalue weighted by Crippen LogP contribution is 2.22. The van der Waals surface area contributed by atoms with Gasteiger partial charge in [-0.05, 0) is 38.5 Å². The summed E-state index contributed by atoms with van der Waals surface area (Å²) in [5, 5.41) is 3.19. The fourth-order valence-electron chi connectivity index (χ4n) is 1.47. The molecule has 0 aliphatic rings. The smallest absolute Gasteiger partial charge is 0.412 e. The molecule has 0 saturated carbocycles. The van der Waals surface area contributed by atoms with E-state index in [0.29, 0.717) is 23.7 Å². The number of hydrogen-bond donors (Lipinski definition) is 1. The second-order valence-electron chi connectivity index (χ2n) is 5.06. The molecule has 0 bridgehead atoms. The molecule has 0 radical (unpaired) electrons. The Kier molecular flexibility index (Phi) is 5.20. The van der Waals surface area contributed by atoms with E-state index in [1.165, 1.54) is 0 Å². The molecule has 0 spiro atoms. The number of benzene rings is 1. The van der Waals surface area contributed by atoms with Crippen LogP contribution in [0.5, 0.6) is 0 Å². The quantitative estimate of drug-likeness (QED) is 0.845. The zero-order valence-corrected chi connectivity index (χ0v) is 12.0. The Morgan fingerprint density at radius 3 is 2.74 bits per heavy atom. The molecule has 0 heterocycles. The first kappa shape index (κ1) is 15.3. The molecule has 0 aliphatic heterocycles. The van der Waals surface area contributed by atoms with Crippen LogP contribution in [0.1, 0.15) is 26.3 Å². The van der Waals surface area contributed by atoms with Crippen LogP contribution in [0.4, 0.5) is 10.5 Å². The summed E-state index contributed by atoms with van der Waals surface area (Å²) >= 11 is 5.91. The number of amides is 1. The molecule has 1 rings (SSSR count). The zero-order chi connectivity index (χ0) is 14.5. The van der Waals surface area contributed by atoms with E-state index in [2.05, 4.69) is 10.2 Å². The second kappa shape index (κ2) is 6.44. The first-order chi connectivity index (χ1) is 8.81. The van der Waals surface area contributed by atoms with Crippen LogP contribution in [0.3, 0.4) is 0 Å². The molecule has 19 heavy (non-hydrogen) atoms. The lowest BCUT2D eigenvalue weighted by Gasteiger charge is -2.20. The topological polar surface area (TPSA) is 42.7 Å². The van der Waals surface area contributed by atoms with Crippen LogP contribution < -0.4 is 5.32 Å². The number of rotatable bonds is 3. The van der Waals surface area contributed by atoms with Crippen molar-refractivity contribution in [3.8, 4) is 0 Å². The Morgan fingerprint density at radius 1 is 1.47 bits per heavy atom. The first-order valence-corrected chi connectivity index (χ1v) is 6.31. The third kappa shape index (κ3) is 5.62. The van der Waals surface area contributed by atoms with Gasteiger partial charge in [0.2, 0.25) is 6.54 Å².